The molecule has 1 heterocycles. The van der Waals surface area contributed by atoms with Crippen LogP contribution in [0, 0.1) is 5.92 Å². The molecule has 0 spiro atoms. The number of unbranched alkanes of at least 4 members (excludes halogenated alkanes) is 4. The predicted molar refractivity (Wildman–Crippen MR) is 83.1 cm³/mol. The number of aliphatic carboxylic acids is 1. The van der Waals surface area contributed by atoms with Crippen LogP contribution in [0.25, 0.3) is 0 Å². The number of carboxylic acid groups (broad SMARTS) is 1. The number of alkyl halides is 1. The number of nitrogens with zero attached hydrogens (tertiary/aromatic N) is 1. The molecule has 1 amide bonds. The highest BCUT2D eigenvalue weighted by molar-refractivity contribution is 9.09. The predicted octanol–water partition coefficient (Wildman–Crippen LogP) is 3.44. The van der Waals surface area contributed by atoms with Gasteiger partial charge in [-0.3, -0.25) is 9.59 Å². The molecule has 0 bridgehead atoms. The molecule has 1 aliphatic rings. The Hall–Kier alpha value is -0.580. The average Bonchev–Trinajstić information content (AvgIpc) is 2.45. The van der Waals surface area contributed by atoms with E-state index in [0.717, 1.165) is 69.3 Å². The minimum Gasteiger partial charge on any atom is -0.481 e. The maximum absolute atomic E-state index is 12.0. The number of piperidine rings is 1. The molecule has 20 heavy (non-hydrogen) atoms. The molecule has 1 saturated heterocycles. The maximum Gasteiger partial charge on any atom is 0.303 e. The van der Waals surface area contributed by atoms with Crippen LogP contribution in [0.2, 0.25) is 0 Å². The van der Waals surface area contributed by atoms with E-state index in [1.807, 2.05) is 4.90 Å². The van der Waals surface area contributed by atoms with Crippen molar-refractivity contribution in [3.63, 3.8) is 0 Å². The highest BCUT2D eigenvalue weighted by Crippen LogP contribution is 2.20. The van der Waals surface area contributed by atoms with Gasteiger partial charge in [0.05, 0.1) is 0 Å². The Balaban J connectivity index is 1.99. The highest BCUT2D eigenvalue weighted by atomic mass is 79.9. The van der Waals surface area contributed by atoms with E-state index in [1.165, 1.54) is 0 Å². The molecule has 1 aliphatic heterocycles. The van der Waals surface area contributed by atoms with Crippen LogP contribution >= 0.6 is 15.9 Å². The van der Waals surface area contributed by atoms with Gasteiger partial charge in [0.25, 0.3) is 0 Å². The molecular formula is C15H26BrNO3. The Morgan fingerprint density at radius 3 is 2.10 bits per heavy atom. The standard InChI is InChI=1S/C15H26BrNO3/c16-12-13-8-10-17(11-9-13)14(18)6-4-2-1-3-5-7-15(19)20/h13H,1-12H2,(H,19,20). The van der Waals surface area contributed by atoms with Gasteiger partial charge in [-0.15, -0.1) is 0 Å². The summed E-state index contributed by atoms with van der Waals surface area (Å²) in [5.41, 5.74) is 0. The third-order valence-electron chi connectivity index (χ3n) is 3.97. The van der Waals surface area contributed by atoms with Crippen molar-refractivity contribution in [3.05, 3.63) is 0 Å². The van der Waals surface area contributed by atoms with Gasteiger partial charge in [0.15, 0.2) is 0 Å². The average molecular weight is 348 g/mol. The molecule has 4 nitrogen and oxygen atoms in total. The third kappa shape index (κ3) is 7.27. The Bertz CT molecular complexity index is 301. The zero-order chi connectivity index (χ0) is 14.8. The van der Waals surface area contributed by atoms with Gasteiger partial charge in [0.2, 0.25) is 5.91 Å². The second kappa shape index (κ2) is 10.2. The summed E-state index contributed by atoms with van der Waals surface area (Å²) >= 11 is 3.51. The molecule has 0 unspecified atom stereocenters. The lowest BCUT2D eigenvalue weighted by molar-refractivity contribution is -0.137. The van der Waals surface area contributed by atoms with Gasteiger partial charge < -0.3 is 10.0 Å². The molecule has 0 saturated carbocycles. The van der Waals surface area contributed by atoms with Crippen LogP contribution in [-0.2, 0) is 9.59 Å². The summed E-state index contributed by atoms with van der Waals surface area (Å²) in [4.78, 5) is 24.4. The fourth-order valence-electron chi connectivity index (χ4n) is 2.58. The van der Waals surface area contributed by atoms with Crippen molar-refractivity contribution >= 4 is 27.8 Å². The molecule has 1 N–H and O–H groups in total. The van der Waals surface area contributed by atoms with Crippen LogP contribution < -0.4 is 0 Å². The van der Waals surface area contributed by atoms with Gasteiger partial charge in [0, 0.05) is 31.3 Å². The maximum atomic E-state index is 12.0. The van der Waals surface area contributed by atoms with Crippen LogP contribution in [-0.4, -0.2) is 40.3 Å². The van der Waals surface area contributed by atoms with Crippen molar-refractivity contribution in [1.82, 2.24) is 4.90 Å². The van der Waals surface area contributed by atoms with Crippen molar-refractivity contribution in [3.8, 4) is 0 Å². The van der Waals surface area contributed by atoms with Crippen molar-refractivity contribution in [2.75, 3.05) is 18.4 Å². The Morgan fingerprint density at radius 1 is 1.00 bits per heavy atom. The van der Waals surface area contributed by atoms with Crippen LogP contribution in [0.5, 0.6) is 0 Å². The lowest BCUT2D eigenvalue weighted by atomic mass is 9.98. The zero-order valence-corrected chi connectivity index (χ0v) is 13.7. The molecule has 116 valence electrons. The quantitative estimate of drug-likeness (QED) is 0.513. The lowest BCUT2D eigenvalue weighted by Crippen LogP contribution is -2.38. The summed E-state index contributed by atoms with van der Waals surface area (Å²) in [6.45, 7) is 1.82. The molecule has 0 aromatic heterocycles. The summed E-state index contributed by atoms with van der Waals surface area (Å²) in [6.07, 6.45) is 7.86. The molecule has 0 aliphatic carbocycles. The first-order chi connectivity index (χ1) is 9.63. The number of carbonyl (C=O) groups is 2. The summed E-state index contributed by atoms with van der Waals surface area (Å²) in [5, 5.41) is 9.56. The lowest BCUT2D eigenvalue weighted by Gasteiger charge is -2.31. The fourth-order valence-corrected chi connectivity index (χ4v) is 3.23. The summed E-state index contributed by atoms with van der Waals surface area (Å²) < 4.78 is 0. The van der Waals surface area contributed by atoms with E-state index in [2.05, 4.69) is 15.9 Å². The van der Waals surface area contributed by atoms with E-state index in [9.17, 15) is 9.59 Å². The number of likely N-dealkylation sites (tertiary alicyclic amines) is 1. The molecule has 0 aromatic carbocycles. The Morgan fingerprint density at radius 2 is 1.55 bits per heavy atom. The monoisotopic (exact) mass is 347 g/mol. The van der Waals surface area contributed by atoms with Crippen molar-refractivity contribution < 1.29 is 14.7 Å². The molecule has 5 heteroatoms. The van der Waals surface area contributed by atoms with Crippen molar-refractivity contribution in [2.24, 2.45) is 5.92 Å². The number of carbonyl (C=O) groups excluding carboxylic acids is 1. The van der Waals surface area contributed by atoms with Crippen molar-refractivity contribution in [1.29, 1.82) is 0 Å². The molecule has 1 fully saturated rings. The molecule has 1 rings (SSSR count). The summed E-state index contributed by atoms with van der Waals surface area (Å²) in [7, 11) is 0. The molecule has 0 aromatic rings. The minimum atomic E-state index is -0.716. The van der Waals surface area contributed by atoms with Gasteiger partial charge >= 0.3 is 5.97 Å². The first-order valence-electron chi connectivity index (χ1n) is 7.69. The first kappa shape index (κ1) is 17.5. The number of halogens is 1. The summed E-state index contributed by atoms with van der Waals surface area (Å²) in [6, 6.07) is 0. The van der Waals surface area contributed by atoms with E-state index in [1.54, 1.807) is 0 Å². The number of hydrogen-bond acceptors (Lipinski definition) is 2. The topological polar surface area (TPSA) is 57.6 Å². The number of rotatable bonds is 9. The van der Waals surface area contributed by atoms with Gasteiger partial charge in [0.1, 0.15) is 0 Å². The van der Waals surface area contributed by atoms with Gasteiger partial charge in [-0.05, 0) is 31.6 Å². The van der Waals surface area contributed by atoms with Crippen LogP contribution in [0.3, 0.4) is 0 Å². The van der Waals surface area contributed by atoms with Crippen molar-refractivity contribution in [2.45, 2.75) is 57.8 Å². The van der Waals surface area contributed by atoms with E-state index in [4.69, 9.17) is 5.11 Å². The highest BCUT2D eigenvalue weighted by Gasteiger charge is 2.21. The van der Waals surface area contributed by atoms with Crippen LogP contribution in [0.4, 0.5) is 0 Å². The van der Waals surface area contributed by atoms with E-state index < -0.39 is 5.97 Å². The van der Waals surface area contributed by atoms with Gasteiger partial charge in [-0.25, -0.2) is 0 Å². The van der Waals surface area contributed by atoms with E-state index in [0.29, 0.717) is 12.3 Å². The number of amides is 1. The minimum absolute atomic E-state index is 0.265. The Labute approximate surface area is 130 Å². The first-order valence-corrected chi connectivity index (χ1v) is 8.81. The van der Waals surface area contributed by atoms with E-state index in [-0.39, 0.29) is 6.42 Å². The van der Waals surface area contributed by atoms with Gasteiger partial charge in [-0.1, -0.05) is 35.2 Å². The smallest absolute Gasteiger partial charge is 0.303 e. The Kier molecular flexibility index (Phi) is 8.90. The second-order valence-electron chi connectivity index (χ2n) is 5.64. The van der Waals surface area contributed by atoms with Crippen LogP contribution in [0.15, 0.2) is 0 Å². The molecule has 0 radical (unpaired) electrons. The largest absolute Gasteiger partial charge is 0.481 e. The SMILES string of the molecule is O=C(O)CCCCCCCC(=O)N1CCC(CBr)CC1. The normalized spacial score (nSPS) is 16.4. The fraction of sp³-hybridized carbons (Fsp3) is 0.867. The van der Waals surface area contributed by atoms with Gasteiger partial charge in [-0.2, -0.15) is 0 Å². The molecule has 0 atom stereocenters. The zero-order valence-electron chi connectivity index (χ0n) is 12.2. The summed E-state index contributed by atoms with van der Waals surface area (Å²) in [5.74, 6) is 0.309. The van der Waals surface area contributed by atoms with Crippen LogP contribution in [0.1, 0.15) is 57.8 Å². The second-order valence-corrected chi connectivity index (χ2v) is 6.29. The number of hydrogen-bond donors (Lipinski definition) is 1. The molecular weight excluding hydrogens is 322 g/mol. The third-order valence-corrected chi connectivity index (χ3v) is 4.88. The number of carboxylic acids is 1. The van der Waals surface area contributed by atoms with E-state index >= 15 is 0 Å².